The third-order valence-corrected chi connectivity index (χ3v) is 13.8. The van der Waals surface area contributed by atoms with E-state index < -0.39 is 68.7 Å². The van der Waals surface area contributed by atoms with Crippen molar-refractivity contribution in [1.29, 1.82) is 0 Å². The number of alkyl carbamates (subject to hydrolysis) is 1. The minimum absolute atomic E-state index is 0.0181. The van der Waals surface area contributed by atoms with Crippen LogP contribution < -0.4 is 20.1 Å². The van der Waals surface area contributed by atoms with Gasteiger partial charge in [-0.3, -0.25) is 19.1 Å². The first kappa shape index (κ1) is 37.2. The predicted octanol–water partition coefficient (Wildman–Crippen LogP) is 3.54. The smallest absolute Gasteiger partial charge is 0.408 e. The van der Waals surface area contributed by atoms with Crippen LogP contribution in [0.5, 0.6) is 5.88 Å². The molecule has 5 aliphatic rings. The van der Waals surface area contributed by atoms with Crippen LogP contribution in [-0.2, 0) is 29.1 Å². The highest BCUT2D eigenvalue weighted by Crippen LogP contribution is 2.46. The molecule has 3 aromatic heterocycles. The van der Waals surface area contributed by atoms with Gasteiger partial charge in [-0.1, -0.05) is 31.1 Å². The molecule has 1 saturated heterocycles. The zero-order valence-electron chi connectivity index (χ0n) is 30.2. The van der Waals surface area contributed by atoms with Crippen LogP contribution >= 0.6 is 11.3 Å². The highest BCUT2D eigenvalue weighted by Gasteiger charge is 2.62. The molecule has 3 N–H and O–H groups in total. The number of sulfonamides is 1. The number of carbonyl (C=O) groups is 4. The van der Waals surface area contributed by atoms with Gasteiger partial charge >= 0.3 is 6.09 Å². The molecule has 1 unspecified atom stereocenters. The molecule has 0 spiro atoms. The average Bonchev–Trinajstić information content (AvgIpc) is 3.90. The molecule has 4 fully saturated rings. The van der Waals surface area contributed by atoms with E-state index in [9.17, 15) is 27.6 Å². The lowest BCUT2D eigenvalue weighted by atomic mass is 10.0. The summed E-state index contributed by atoms with van der Waals surface area (Å²) in [6.45, 7) is -0.0414. The van der Waals surface area contributed by atoms with Gasteiger partial charge < -0.3 is 25.0 Å². The van der Waals surface area contributed by atoms with Gasteiger partial charge in [0, 0.05) is 12.3 Å². The van der Waals surface area contributed by atoms with E-state index in [2.05, 4.69) is 30.3 Å². The molecular weight excluding hydrogens is 749 g/mol. The fourth-order valence-corrected chi connectivity index (χ4v) is 9.86. The quantitative estimate of drug-likeness (QED) is 0.280. The first-order valence-electron chi connectivity index (χ1n) is 19.1. The summed E-state index contributed by atoms with van der Waals surface area (Å²) in [6.07, 6.45) is 12.9. The van der Waals surface area contributed by atoms with Gasteiger partial charge in [-0.05, 0) is 75.7 Å². The van der Waals surface area contributed by atoms with Gasteiger partial charge in [0.1, 0.15) is 47.4 Å². The molecule has 292 valence electrons. The monoisotopic (exact) mass is 792 g/mol. The van der Waals surface area contributed by atoms with Crippen molar-refractivity contribution in [3.63, 3.8) is 0 Å². The second kappa shape index (κ2) is 15.4. The van der Waals surface area contributed by atoms with E-state index in [1.807, 2.05) is 29.7 Å². The lowest BCUT2D eigenvalue weighted by Crippen LogP contribution is -2.58. The Kier molecular flexibility index (Phi) is 10.4. The van der Waals surface area contributed by atoms with Crippen LogP contribution in [0.15, 0.2) is 42.2 Å². The van der Waals surface area contributed by atoms with Crippen LogP contribution in [0, 0.1) is 5.92 Å². The number of aromatic nitrogens is 4. The summed E-state index contributed by atoms with van der Waals surface area (Å²) in [4.78, 5) is 75.8. The fraction of sp³-hybridized carbons (Fsp3) is 0.568. The Labute approximate surface area is 322 Å². The molecule has 3 saturated carbocycles. The molecule has 5 atom stereocenters. The van der Waals surface area contributed by atoms with Crippen LogP contribution in [0.4, 0.5) is 4.79 Å². The maximum atomic E-state index is 14.6. The number of amides is 4. The minimum atomic E-state index is -3.90. The Morgan fingerprint density at radius 2 is 1.84 bits per heavy atom. The van der Waals surface area contributed by atoms with Gasteiger partial charge in [-0.15, -0.1) is 11.3 Å². The van der Waals surface area contributed by atoms with Crippen LogP contribution in [-0.4, -0.2) is 98.7 Å². The average molecular weight is 793 g/mol. The number of allylic oxidation sites excluding steroid dienone is 1. The Bertz CT molecular complexity index is 2090. The van der Waals surface area contributed by atoms with E-state index in [0.29, 0.717) is 49.0 Å². The zero-order valence-corrected chi connectivity index (χ0v) is 31.9. The summed E-state index contributed by atoms with van der Waals surface area (Å²) in [7, 11) is -3.90. The van der Waals surface area contributed by atoms with Crippen LogP contribution in [0.3, 0.4) is 0 Å². The van der Waals surface area contributed by atoms with Crippen molar-refractivity contribution < 1.29 is 37.1 Å². The van der Waals surface area contributed by atoms with Crippen molar-refractivity contribution in [3.05, 3.63) is 42.2 Å². The summed E-state index contributed by atoms with van der Waals surface area (Å²) in [6, 6.07) is 1.63. The molecule has 4 amide bonds. The first-order chi connectivity index (χ1) is 26.6. The third-order valence-electron chi connectivity index (χ3n) is 11.1. The van der Waals surface area contributed by atoms with Gasteiger partial charge in [-0.25, -0.2) is 33.1 Å². The molecule has 16 nitrogen and oxygen atoms in total. The molecule has 3 aliphatic carbocycles. The molecule has 5 heterocycles. The normalized spacial score (nSPS) is 28.3. The number of hydrogen-bond acceptors (Lipinski definition) is 13. The van der Waals surface area contributed by atoms with Gasteiger partial charge in [-0.2, -0.15) is 0 Å². The summed E-state index contributed by atoms with van der Waals surface area (Å²) >= 11 is 1.44. The van der Waals surface area contributed by atoms with Gasteiger partial charge in [0.05, 0.1) is 22.9 Å². The molecule has 55 heavy (non-hydrogen) atoms. The second-order valence-electron chi connectivity index (χ2n) is 15.1. The number of nitrogens with zero attached hydrogens (tertiary/aromatic N) is 5. The summed E-state index contributed by atoms with van der Waals surface area (Å²) in [5.74, 6) is -2.17. The highest BCUT2D eigenvalue weighted by molar-refractivity contribution is 7.91. The van der Waals surface area contributed by atoms with Crippen molar-refractivity contribution in [2.24, 2.45) is 5.92 Å². The van der Waals surface area contributed by atoms with Gasteiger partial charge in [0.25, 0.3) is 5.91 Å². The molecule has 2 aliphatic heterocycles. The first-order valence-corrected chi connectivity index (χ1v) is 21.5. The zero-order chi connectivity index (χ0) is 38.2. The second-order valence-corrected chi connectivity index (χ2v) is 18.0. The third kappa shape index (κ3) is 8.15. The Balaban J connectivity index is 1.10. The number of ether oxygens (including phenoxy) is 2. The summed E-state index contributed by atoms with van der Waals surface area (Å²) in [5.41, 5.74) is -0.303. The minimum Gasteiger partial charge on any atom is -0.471 e. The van der Waals surface area contributed by atoms with Crippen molar-refractivity contribution in [3.8, 4) is 16.5 Å². The SMILES string of the molecule is O=C(N[C@@H]1CCCCC/C=C\C2C[C@@]2(C(=O)NS(=O)(=O)C2CC2)NC(=O)[C@@H]2C[C@@H](Oc3nc4cncnc4nc3-c3cccs3)CN2C1=O)OC1CCCC1. The Morgan fingerprint density at radius 3 is 2.62 bits per heavy atom. The predicted molar refractivity (Wildman–Crippen MR) is 200 cm³/mol. The van der Waals surface area contributed by atoms with Crippen molar-refractivity contribution in [2.45, 2.75) is 119 Å². The topological polar surface area (TPSA) is 212 Å². The van der Waals surface area contributed by atoms with Crippen LogP contribution in [0.25, 0.3) is 21.7 Å². The lowest BCUT2D eigenvalue weighted by Gasteiger charge is -2.30. The van der Waals surface area contributed by atoms with Gasteiger partial charge in [0.15, 0.2) is 5.65 Å². The van der Waals surface area contributed by atoms with Gasteiger partial charge in [0.2, 0.25) is 27.7 Å². The number of hydrogen-bond donors (Lipinski definition) is 3. The number of fused-ring (bicyclic) bond motifs is 3. The van der Waals surface area contributed by atoms with E-state index in [1.165, 1.54) is 28.8 Å². The standard InChI is InChI=1S/C37H44N8O8S2/c46-32-28-17-24(52-33-30(29-13-8-16-54-29)42-31-27(40-33)19-38-21-39-31)20-45(28)34(47)26(41-36(49)53-23-10-6-7-11-23)12-5-3-1-2-4-9-22-18-37(22,43-32)35(48)44-55(50,51)25-14-15-25/h4,8-9,13,16,19,21-26,28H,1-3,5-7,10-12,14-15,17-18,20H2,(H,41,49)(H,43,46)(H,44,48)/b9-4-/t22?,24-,26-,28+,37-/m1/s1. The number of thiophene rings is 1. The molecule has 0 bridgehead atoms. The van der Waals surface area contributed by atoms with Crippen molar-refractivity contribution in [2.75, 3.05) is 6.54 Å². The van der Waals surface area contributed by atoms with E-state index in [-0.39, 0.29) is 31.4 Å². The molecule has 0 aromatic carbocycles. The van der Waals surface area contributed by atoms with E-state index in [4.69, 9.17) is 14.5 Å². The maximum Gasteiger partial charge on any atom is 0.408 e. The Morgan fingerprint density at radius 1 is 1.02 bits per heavy atom. The molecule has 8 rings (SSSR count). The largest absolute Gasteiger partial charge is 0.471 e. The van der Waals surface area contributed by atoms with Crippen molar-refractivity contribution in [1.82, 2.24) is 40.2 Å². The molecule has 0 radical (unpaired) electrons. The lowest BCUT2D eigenvalue weighted by molar-refractivity contribution is -0.141. The fourth-order valence-electron chi connectivity index (χ4n) is 7.79. The number of nitrogens with one attached hydrogen (secondary N) is 3. The maximum absolute atomic E-state index is 14.6. The van der Waals surface area contributed by atoms with E-state index >= 15 is 0 Å². The molecular formula is C37H44N8O8S2. The number of rotatable bonds is 8. The van der Waals surface area contributed by atoms with E-state index in [1.54, 1.807) is 0 Å². The molecule has 18 heteroatoms. The summed E-state index contributed by atoms with van der Waals surface area (Å²) < 4.78 is 40.1. The number of carbonyl (C=O) groups excluding carboxylic acids is 4. The van der Waals surface area contributed by atoms with Crippen LogP contribution in [0.1, 0.15) is 83.5 Å². The van der Waals surface area contributed by atoms with Crippen molar-refractivity contribution >= 4 is 56.3 Å². The highest BCUT2D eigenvalue weighted by atomic mass is 32.2. The Hall–Kier alpha value is -4.71. The van der Waals surface area contributed by atoms with E-state index in [0.717, 1.165) is 43.4 Å². The van der Waals surface area contributed by atoms with Crippen LogP contribution in [0.2, 0.25) is 0 Å². The summed E-state index contributed by atoms with van der Waals surface area (Å²) in [5, 5.41) is 6.96. The molecule has 3 aromatic rings.